The van der Waals surface area contributed by atoms with Crippen LogP contribution in [-0.4, -0.2) is 9.78 Å². The van der Waals surface area contributed by atoms with Gasteiger partial charge in [-0.2, -0.15) is 5.10 Å². The lowest BCUT2D eigenvalue weighted by atomic mass is 10.1. The Morgan fingerprint density at radius 3 is 2.70 bits per heavy atom. The lowest BCUT2D eigenvalue weighted by Gasteiger charge is -2.10. The standard InChI is InChI=1S/C15H20FN3O/c1-4-11-7-12(19(3)18-11)9-20-13-5-6-14(10(2)17)15(16)8-13/h5-8,10H,4,9,17H2,1-3H3/t10-/m1/s1. The summed E-state index contributed by atoms with van der Waals surface area (Å²) in [6, 6.07) is 6.44. The van der Waals surface area contributed by atoms with Crippen LogP contribution in [-0.2, 0) is 20.1 Å². The first-order valence-corrected chi connectivity index (χ1v) is 6.71. The van der Waals surface area contributed by atoms with E-state index in [1.807, 2.05) is 13.1 Å². The summed E-state index contributed by atoms with van der Waals surface area (Å²) >= 11 is 0. The van der Waals surface area contributed by atoms with Crippen LogP contribution in [0, 0.1) is 5.82 Å². The molecule has 4 nitrogen and oxygen atoms in total. The van der Waals surface area contributed by atoms with Gasteiger partial charge in [0.1, 0.15) is 18.2 Å². The molecule has 0 saturated heterocycles. The van der Waals surface area contributed by atoms with E-state index in [9.17, 15) is 4.39 Å². The number of halogens is 1. The summed E-state index contributed by atoms with van der Waals surface area (Å²) in [6.07, 6.45) is 0.881. The third-order valence-corrected chi connectivity index (χ3v) is 3.24. The summed E-state index contributed by atoms with van der Waals surface area (Å²) in [4.78, 5) is 0. The maximum Gasteiger partial charge on any atom is 0.131 e. The Labute approximate surface area is 118 Å². The summed E-state index contributed by atoms with van der Waals surface area (Å²) in [7, 11) is 1.87. The van der Waals surface area contributed by atoms with Crippen molar-refractivity contribution in [3.8, 4) is 5.75 Å². The molecule has 1 atom stereocenters. The van der Waals surface area contributed by atoms with Gasteiger partial charge in [-0.05, 0) is 25.5 Å². The molecule has 2 N–H and O–H groups in total. The minimum Gasteiger partial charge on any atom is -0.487 e. The number of benzene rings is 1. The first kappa shape index (κ1) is 14.5. The van der Waals surface area contributed by atoms with Gasteiger partial charge in [-0.15, -0.1) is 0 Å². The van der Waals surface area contributed by atoms with E-state index in [0.717, 1.165) is 17.8 Å². The molecule has 2 rings (SSSR count). The van der Waals surface area contributed by atoms with Crippen molar-refractivity contribution in [3.05, 3.63) is 47.0 Å². The van der Waals surface area contributed by atoms with Gasteiger partial charge < -0.3 is 10.5 Å². The summed E-state index contributed by atoms with van der Waals surface area (Å²) in [6.45, 7) is 4.16. The number of nitrogens with zero attached hydrogens (tertiary/aromatic N) is 2. The van der Waals surface area contributed by atoms with E-state index in [1.165, 1.54) is 6.07 Å². The lowest BCUT2D eigenvalue weighted by Crippen LogP contribution is -2.08. The van der Waals surface area contributed by atoms with Gasteiger partial charge in [-0.1, -0.05) is 13.0 Å². The SMILES string of the molecule is CCc1cc(COc2ccc([C@@H](C)N)c(F)c2)n(C)n1. The smallest absolute Gasteiger partial charge is 0.131 e. The van der Waals surface area contributed by atoms with Crippen LogP contribution < -0.4 is 10.5 Å². The molecule has 2 aromatic rings. The zero-order valence-electron chi connectivity index (χ0n) is 12.1. The third-order valence-electron chi connectivity index (χ3n) is 3.24. The molecule has 0 aliphatic heterocycles. The Hall–Kier alpha value is -1.88. The van der Waals surface area contributed by atoms with Crippen LogP contribution in [0.1, 0.15) is 36.8 Å². The fourth-order valence-corrected chi connectivity index (χ4v) is 2.00. The lowest BCUT2D eigenvalue weighted by molar-refractivity contribution is 0.293. The maximum absolute atomic E-state index is 13.8. The van der Waals surface area contributed by atoms with E-state index in [1.54, 1.807) is 23.7 Å². The third kappa shape index (κ3) is 3.17. The van der Waals surface area contributed by atoms with E-state index < -0.39 is 0 Å². The predicted octanol–water partition coefficient (Wildman–Crippen LogP) is 2.72. The summed E-state index contributed by atoms with van der Waals surface area (Å²) in [5.74, 6) is 0.155. The maximum atomic E-state index is 13.8. The van der Waals surface area contributed by atoms with Crippen molar-refractivity contribution in [1.29, 1.82) is 0 Å². The molecule has 20 heavy (non-hydrogen) atoms. The molecule has 0 spiro atoms. The van der Waals surface area contributed by atoms with Gasteiger partial charge >= 0.3 is 0 Å². The van der Waals surface area contributed by atoms with E-state index in [2.05, 4.69) is 12.0 Å². The zero-order chi connectivity index (χ0) is 14.7. The van der Waals surface area contributed by atoms with Crippen LogP contribution in [0.25, 0.3) is 0 Å². The van der Waals surface area contributed by atoms with Crippen molar-refractivity contribution < 1.29 is 9.13 Å². The van der Waals surface area contributed by atoms with Crippen LogP contribution in [0.15, 0.2) is 24.3 Å². The van der Waals surface area contributed by atoms with Crippen molar-refractivity contribution in [2.45, 2.75) is 32.9 Å². The molecular formula is C15H20FN3O. The van der Waals surface area contributed by atoms with E-state index in [-0.39, 0.29) is 11.9 Å². The fourth-order valence-electron chi connectivity index (χ4n) is 2.00. The molecule has 1 aromatic carbocycles. The highest BCUT2D eigenvalue weighted by molar-refractivity contribution is 5.30. The van der Waals surface area contributed by atoms with Crippen LogP contribution in [0.2, 0.25) is 0 Å². The van der Waals surface area contributed by atoms with Crippen LogP contribution in [0.5, 0.6) is 5.75 Å². The Bertz CT molecular complexity index is 593. The Morgan fingerprint density at radius 1 is 1.40 bits per heavy atom. The highest BCUT2D eigenvalue weighted by Gasteiger charge is 2.09. The van der Waals surface area contributed by atoms with E-state index >= 15 is 0 Å². The number of aromatic nitrogens is 2. The highest BCUT2D eigenvalue weighted by Crippen LogP contribution is 2.21. The first-order valence-electron chi connectivity index (χ1n) is 6.71. The quantitative estimate of drug-likeness (QED) is 0.914. The Morgan fingerprint density at radius 2 is 2.15 bits per heavy atom. The van der Waals surface area contributed by atoms with Gasteiger partial charge in [0, 0.05) is 24.7 Å². The minimum absolute atomic E-state index is 0.326. The number of hydrogen-bond donors (Lipinski definition) is 1. The molecule has 5 heteroatoms. The summed E-state index contributed by atoms with van der Waals surface area (Å²) in [5.41, 5.74) is 8.14. The van der Waals surface area contributed by atoms with Gasteiger partial charge in [-0.25, -0.2) is 4.39 Å². The average Bonchev–Trinajstić information content (AvgIpc) is 2.76. The Kier molecular flexibility index (Phi) is 4.39. The molecule has 0 radical (unpaired) electrons. The molecule has 0 bridgehead atoms. The molecule has 108 valence electrons. The molecule has 0 amide bonds. The number of ether oxygens (including phenoxy) is 1. The van der Waals surface area contributed by atoms with Crippen molar-refractivity contribution in [2.75, 3.05) is 0 Å². The highest BCUT2D eigenvalue weighted by atomic mass is 19.1. The normalized spacial score (nSPS) is 12.4. The van der Waals surface area contributed by atoms with Gasteiger partial charge in [0.2, 0.25) is 0 Å². The molecule has 0 unspecified atom stereocenters. The van der Waals surface area contributed by atoms with Crippen molar-refractivity contribution >= 4 is 0 Å². The van der Waals surface area contributed by atoms with E-state index in [0.29, 0.717) is 17.9 Å². The monoisotopic (exact) mass is 277 g/mol. The largest absolute Gasteiger partial charge is 0.487 e. The molecule has 1 heterocycles. The molecule has 0 saturated carbocycles. The summed E-state index contributed by atoms with van der Waals surface area (Å²) in [5, 5.41) is 4.34. The van der Waals surface area contributed by atoms with Gasteiger partial charge in [0.15, 0.2) is 0 Å². The second-order valence-corrected chi connectivity index (χ2v) is 4.86. The number of nitrogens with two attached hydrogens (primary N) is 1. The fraction of sp³-hybridized carbons (Fsp3) is 0.400. The van der Waals surface area contributed by atoms with Gasteiger partial charge in [0.25, 0.3) is 0 Å². The van der Waals surface area contributed by atoms with Gasteiger partial charge in [0.05, 0.1) is 11.4 Å². The van der Waals surface area contributed by atoms with Crippen LogP contribution >= 0.6 is 0 Å². The van der Waals surface area contributed by atoms with E-state index in [4.69, 9.17) is 10.5 Å². The zero-order valence-corrected chi connectivity index (χ0v) is 12.1. The first-order chi connectivity index (χ1) is 9.51. The number of hydrogen-bond acceptors (Lipinski definition) is 3. The molecular weight excluding hydrogens is 257 g/mol. The summed E-state index contributed by atoms with van der Waals surface area (Å²) < 4.78 is 21.2. The van der Waals surface area contributed by atoms with Crippen LogP contribution in [0.4, 0.5) is 4.39 Å². The van der Waals surface area contributed by atoms with Crippen LogP contribution in [0.3, 0.4) is 0 Å². The van der Waals surface area contributed by atoms with Crippen molar-refractivity contribution in [3.63, 3.8) is 0 Å². The minimum atomic E-state index is -0.336. The van der Waals surface area contributed by atoms with Crippen molar-refractivity contribution in [2.24, 2.45) is 12.8 Å². The molecule has 0 aliphatic carbocycles. The Balaban J connectivity index is 2.07. The topological polar surface area (TPSA) is 53.1 Å². The average molecular weight is 277 g/mol. The number of aryl methyl sites for hydroxylation is 2. The molecule has 0 aliphatic rings. The molecule has 0 fully saturated rings. The predicted molar refractivity (Wildman–Crippen MR) is 75.9 cm³/mol. The second-order valence-electron chi connectivity index (χ2n) is 4.86. The van der Waals surface area contributed by atoms with Crippen molar-refractivity contribution in [1.82, 2.24) is 9.78 Å². The second kappa shape index (κ2) is 6.05. The molecule has 1 aromatic heterocycles. The number of rotatable bonds is 5. The van der Waals surface area contributed by atoms with Gasteiger partial charge in [-0.3, -0.25) is 4.68 Å².